The number of pyridine rings is 1. The number of para-hydroxylation sites is 3. The van der Waals surface area contributed by atoms with Gasteiger partial charge < -0.3 is 8.83 Å². The number of furan rings is 2. The van der Waals surface area contributed by atoms with E-state index in [2.05, 4.69) is 96.0 Å². The van der Waals surface area contributed by atoms with Crippen LogP contribution in [0.5, 0.6) is 0 Å². The number of hydrogen-bond donors (Lipinski definition) is 0. The van der Waals surface area contributed by atoms with Gasteiger partial charge in [0.2, 0.25) is 0 Å². The Bertz CT molecular complexity index is 2850. The van der Waals surface area contributed by atoms with Crippen molar-refractivity contribution >= 4 is 43.9 Å². The normalized spacial score (nSPS) is 11.6. The van der Waals surface area contributed by atoms with Crippen molar-refractivity contribution < 1.29 is 8.83 Å². The summed E-state index contributed by atoms with van der Waals surface area (Å²) in [6.07, 6.45) is 1.81. The smallest absolute Gasteiger partial charge is 0.160 e. The molecule has 0 amide bonds. The van der Waals surface area contributed by atoms with Crippen molar-refractivity contribution in [2.75, 3.05) is 0 Å². The molecule has 6 aromatic carbocycles. The molecule has 0 radical (unpaired) electrons. The Morgan fingerprint density at radius 3 is 1.66 bits per heavy atom. The van der Waals surface area contributed by atoms with Gasteiger partial charge in [0.05, 0.1) is 17.1 Å². The molecule has 4 aromatic heterocycles. The van der Waals surface area contributed by atoms with E-state index in [0.29, 0.717) is 5.82 Å². The molecule has 234 valence electrons. The minimum absolute atomic E-state index is 0.665. The quantitative estimate of drug-likeness (QED) is 0.187. The van der Waals surface area contributed by atoms with Gasteiger partial charge in [-0.15, -0.1) is 0 Å². The monoisotopic (exact) mass is 641 g/mol. The molecule has 0 unspecified atom stereocenters. The van der Waals surface area contributed by atoms with Crippen LogP contribution in [-0.4, -0.2) is 15.0 Å². The van der Waals surface area contributed by atoms with Crippen LogP contribution in [0.15, 0.2) is 173 Å². The zero-order chi connectivity index (χ0) is 33.0. The fourth-order valence-corrected chi connectivity index (χ4v) is 6.93. The largest absolute Gasteiger partial charge is 0.455 e. The molecule has 0 fully saturated rings. The van der Waals surface area contributed by atoms with Crippen LogP contribution in [0.4, 0.5) is 0 Å². The van der Waals surface area contributed by atoms with Crippen molar-refractivity contribution in [2.45, 2.75) is 0 Å². The van der Waals surface area contributed by atoms with Crippen molar-refractivity contribution in [1.29, 1.82) is 0 Å². The van der Waals surface area contributed by atoms with Gasteiger partial charge in [-0.25, -0.2) is 9.97 Å². The first kappa shape index (κ1) is 28.2. The summed E-state index contributed by atoms with van der Waals surface area (Å²) in [4.78, 5) is 14.6. The van der Waals surface area contributed by atoms with E-state index in [1.165, 1.54) is 0 Å². The summed E-state index contributed by atoms with van der Waals surface area (Å²) in [6.45, 7) is 0. The van der Waals surface area contributed by atoms with Gasteiger partial charge >= 0.3 is 0 Å². The van der Waals surface area contributed by atoms with Crippen LogP contribution in [0.3, 0.4) is 0 Å². The second-order valence-corrected chi connectivity index (χ2v) is 12.4. The highest BCUT2D eigenvalue weighted by molar-refractivity contribution is 6.15. The van der Waals surface area contributed by atoms with E-state index in [1.807, 2.05) is 72.9 Å². The standard InChI is InChI=1S/C45H27N3O2/c1-2-10-30(11-3-1)45-47-39(29-21-19-28(20-22-29)38-17-6-7-25-46-38)27-40(48-45)31-23-24-33-35-14-9-16-37(44(35)50-42(33)26-31)36-15-8-13-34-32-12-4-5-18-41(32)49-43(34)36/h1-27H. The highest BCUT2D eigenvalue weighted by Gasteiger charge is 2.18. The third-order valence-electron chi connectivity index (χ3n) is 9.39. The van der Waals surface area contributed by atoms with Crippen LogP contribution in [0.25, 0.3) is 100 Å². The lowest BCUT2D eigenvalue weighted by atomic mass is 9.99. The molecule has 5 heteroatoms. The Morgan fingerprint density at radius 2 is 0.940 bits per heavy atom. The SMILES string of the molecule is c1ccc(-c2nc(-c3ccc(-c4ccccn4)cc3)cc(-c3ccc4c(c3)oc3c(-c5cccc6c5oc5ccccc56)cccc34)n2)cc1. The van der Waals surface area contributed by atoms with Gasteiger partial charge in [-0.05, 0) is 36.4 Å². The van der Waals surface area contributed by atoms with Crippen molar-refractivity contribution in [3.8, 4) is 56.3 Å². The van der Waals surface area contributed by atoms with Gasteiger partial charge in [0.1, 0.15) is 22.3 Å². The molecule has 0 aliphatic heterocycles. The first-order valence-corrected chi connectivity index (χ1v) is 16.6. The maximum atomic E-state index is 6.72. The van der Waals surface area contributed by atoms with Gasteiger partial charge in [-0.2, -0.15) is 0 Å². The number of rotatable bonds is 5. The lowest BCUT2D eigenvalue weighted by Crippen LogP contribution is -1.96. The highest BCUT2D eigenvalue weighted by atomic mass is 16.3. The second kappa shape index (κ2) is 11.4. The van der Waals surface area contributed by atoms with E-state index >= 15 is 0 Å². The minimum Gasteiger partial charge on any atom is -0.455 e. The number of benzene rings is 6. The summed E-state index contributed by atoms with van der Waals surface area (Å²) < 4.78 is 13.1. The van der Waals surface area contributed by atoms with Gasteiger partial charge in [-0.3, -0.25) is 4.98 Å². The average Bonchev–Trinajstić information content (AvgIpc) is 3.77. The van der Waals surface area contributed by atoms with Crippen LogP contribution in [0.2, 0.25) is 0 Å². The maximum Gasteiger partial charge on any atom is 0.160 e. The van der Waals surface area contributed by atoms with Crippen molar-refractivity contribution in [3.05, 3.63) is 164 Å². The Hall–Kier alpha value is -6.85. The molecular weight excluding hydrogens is 615 g/mol. The van der Waals surface area contributed by atoms with Gasteiger partial charge in [0, 0.05) is 61.1 Å². The minimum atomic E-state index is 0.665. The first-order chi connectivity index (χ1) is 24.8. The zero-order valence-electron chi connectivity index (χ0n) is 26.7. The molecule has 0 atom stereocenters. The molecular formula is C45H27N3O2. The summed E-state index contributed by atoms with van der Waals surface area (Å²) in [5.41, 5.74) is 11.9. The zero-order valence-corrected chi connectivity index (χ0v) is 26.7. The van der Waals surface area contributed by atoms with Crippen LogP contribution >= 0.6 is 0 Å². The van der Waals surface area contributed by atoms with E-state index in [1.54, 1.807) is 0 Å². The highest BCUT2D eigenvalue weighted by Crippen LogP contribution is 2.42. The molecule has 0 aliphatic carbocycles. The topological polar surface area (TPSA) is 65.0 Å². The molecule has 10 aromatic rings. The van der Waals surface area contributed by atoms with Crippen LogP contribution in [0, 0.1) is 0 Å². The Labute approximate surface area is 287 Å². The lowest BCUT2D eigenvalue weighted by molar-refractivity contribution is 0.665. The van der Waals surface area contributed by atoms with Crippen molar-refractivity contribution in [1.82, 2.24) is 15.0 Å². The molecule has 0 saturated heterocycles. The predicted octanol–water partition coefficient (Wildman–Crippen LogP) is 12.0. The second-order valence-electron chi connectivity index (χ2n) is 12.4. The molecule has 0 saturated carbocycles. The average molecular weight is 642 g/mol. The molecule has 5 nitrogen and oxygen atoms in total. The molecule has 0 spiro atoms. The van der Waals surface area contributed by atoms with Crippen LogP contribution in [-0.2, 0) is 0 Å². The summed E-state index contributed by atoms with van der Waals surface area (Å²) in [6, 6.07) is 53.6. The van der Waals surface area contributed by atoms with E-state index in [9.17, 15) is 0 Å². The van der Waals surface area contributed by atoms with E-state index in [0.717, 1.165) is 94.3 Å². The summed E-state index contributed by atoms with van der Waals surface area (Å²) in [7, 11) is 0. The summed E-state index contributed by atoms with van der Waals surface area (Å²) in [5, 5.41) is 4.30. The van der Waals surface area contributed by atoms with E-state index < -0.39 is 0 Å². The number of fused-ring (bicyclic) bond motifs is 6. The van der Waals surface area contributed by atoms with Crippen molar-refractivity contribution in [2.24, 2.45) is 0 Å². The fraction of sp³-hybridized carbons (Fsp3) is 0. The maximum absolute atomic E-state index is 6.72. The van der Waals surface area contributed by atoms with E-state index in [-0.39, 0.29) is 0 Å². The molecule has 10 rings (SSSR count). The third-order valence-corrected chi connectivity index (χ3v) is 9.39. The molecule has 0 aliphatic rings. The lowest BCUT2D eigenvalue weighted by Gasteiger charge is -2.10. The van der Waals surface area contributed by atoms with Gasteiger partial charge in [-0.1, -0.05) is 121 Å². The Morgan fingerprint density at radius 1 is 0.360 bits per heavy atom. The molecule has 0 bridgehead atoms. The molecule has 4 heterocycles. The van der Waals surface area contributed by atoms with Crippen LogP contribution < -0.4 is 0 Å². The Kier molecular flexibility index (Phi) is 6.42. The van der Waals surface area contributed by atoms with Crippen molar-refractivity contribution in [3.63, 3.8) is 0 Å². The van der Waals surface area contributed by atoms with Gasteiger partial charge in [0.15, 0.2) is 5.82 Å². The summed E-state index contributed by atoms with van der Waals surface area (Å²) in [5.74, 6) is 0.665. The van der Waals surface area contributed by atoms with E-state index in [4.69, 9.17) is 18.8 Å². The van der Waals surface area contributed by atoms with Crippen LogP contribution in [0.1, 0.15) is 0 Å². The van der Waals surface area contributed by atoms with Gasteiger partial charge in [0.25, 0.3) is 0 Å². The third kappa shape index (κ3) is 4.67. The molecule has 0 N–H and O–H groups in total. The number of aromatic nitrogens is 3. The number of nitrogens with zero attached hydrogens (tertiary/aromatic N) is 3. The fourth-order valence-electron chi connectivity index (χ4n) is 6.93. The number of hydrogen-bond acceptors (Lipinski definition) is 5. The first-order valence-electron chi connectivity index (χ1n) is 16.6. The Balaban J connectivity index is 1.11. The predicted molar refractivity (Wildman–Crippen MR) is 202 cm³/mol. The summed E-state index contributed by atoms with van der Waals surface area (Å²) >= 11 is 0. The molecule has 50 heavy (non-hydrogen) atoms.